The van der Waals surface area contributed by atoms with Crippen molar-refractivity contribution < 1.29 is 23.4 Å². The summed E-state index contributed by atoms with van der Waals surface area (Å²) in [5.41, 5.74) is 0.644. The van der Waals surface area contributed by atoms with Crippen molar-refractivity contribution in [2.24, 2.45) is 0 Å². The predicted molar refractivity (Wildman–Crippen MR) is 96.7 cm³/mol. The van der Waals surface area contributed by atoms with Gasteiger partial charge in [0.15, 0.2) is 11.5 Å². The Balaban J connectivity index is 1.74. The number of carbonyl (C=O) groups is 1. The van der Waals surface area contributed by atoms with Crippen molar-refractivity contribution in [1.29, 1.82) is 0 Å². The lowest BCUT2D eigenvalue weighted by Gasteiger charge is -2.07. The van der Waals surface area contributed by atoms with Crippen LogP contribution in [0.25, 0.3) is 17.0 Å². The highest BCUT2D eigenvalue weighted by Crippen LogP contribution is 2.28. The summed E-state index contributed by atoms with van der Waals surface area (Å²) in [6.07, 6.45) is 2.90. The number of fused-ring (bicyclic) bond motifs is 1. The first kappa shape index (κ1) is 17.3. The van der Waals surface area contributed by atoms with Gasteiger partial charge in [0.05, 0.1) is 14.2 Å². The number of esters is 1. The number of carbonyl (C=O) groups excluding carboxylic acids is 1. The maximum absolute atomic E-state index is 12.0. The molecule has 2 aromatic carbocycles. The Bertz CT molecular complexity index is 1030. The van der Waals surface area contributed by atoms with Crippen molar-refractivity contribution in [2.75, 3.05) is 14.2 Å². The minimum Gasteiger partial charge on any atom is -0.493 e. The second kappa shape index (κ2) is 7.57. The molecule has 0 saturated heterocycles. The van der Waals surface area contributed by atoms with E-state index >= 15 is 0 Å². The third-order valence-electron chi connectivity index (χ3n) is 3.63. The standard InChI is InChI=1S/C20H16O6/c1-23-16-8-3-13(11-18(16)24-2)4-9-19(21)25-15-7-5-14-6-10-20(22)26-17(14)12-15/h3-12H,1-2H3. The van der Waals surface area contributed by atoms with Gasteiger partial charge in [-0.25, -0.2) is 9.59 Å². The number of benzene rings is 2. The van der Waals surface area contributed by atoms with Crippen LogP contribution in [0.4, 0.5) is 0 Å². The van der Waals surface area contributed by atoms with Crippen LogP contribution in [0.3, 0.4) is 0 Å². The van der Waals surface area contributed by atoms with Crippen LogP contribution in [0.1, 0.15) is 5.56 Å². The maximum Gasteiger partial charge on any atom is 0.336 e. The summed E-state index contributed by atoms with van der Waals surface area (Å²) in [5.74, 6) is 0.892. The molecular weight excluding hydrogens is 336 g/mol. The Hall–Kier alpha value is -3.54. The molecule has 1 heterocycles. The van der Waals surface area contributed by atoms with Gasteiger partial charge in [-0.3, -0.25) is 0 Å². The highest BCUT2D eigenvalue weighted by atomic mass is 16.5. The molecule has 0 N–H and O–H groups in total. The molecule has 6 heteroatoms. The molecule has 0 aliphatic heterocycles. The average molecular weight is 352 g/mol. The van der Waals surface area contributed by atoms with Gasteiger partial charge in [0.2, 0.25) is 0 Å². The van der Waals surface area contributed by atoms with Gasteiger partial charge in [0, 0.05) is 23.6 Å². The van der Waals surface area contributed by atoms with E-state index in [-0.39, 0.29) is 5.75 Å². The molecule has 0 atom stereocenters. The number of ether oxygens (including phenoxy) is 3. The molecule has 3 rings (SSSR count). The molecule has 3 aromatic rings. The first-order valence-corrected chi connectivity index (χ1v) is 7.75. The van der Waals surface area contributed by atoms with E-state index < -0.39 is 11.6 Å². The van der Waals surface area contributed by atoms with Crippen LogP contribution in [0, 0.1) is 0 Å². The molecule has 0 amide bonds. The van der Waals surface area contributed by atoms with E-state index in [2.05, 4.69) is 0 Å². The van der Waals surface area contributed by atoms with Gasteiger partial charge in [-0.05, 0) is 42.0 Å². The zero-order valence-electron chi connectivity index (χ0n) is 14.2. The fraction of sp³-hybridized carbons (Fsp3) is 0.100. The van der Waals surface area contributed by atoms with Gasteiger partial charge >= 0.3 is 11.6 Å². The van der Waals surface area contributed by atoms with E-state index in [9.17, 15) is 9.59 Å². The van der Waals surface area contributed by atoms with E-state index in [1.165, 1.54) is 25.3 Å². The average Bonchev–Trinajstić information content (AvgIpc) is 2.65. The van der Waals surface area contributed by atoms with Crippen molar-refractivity contribution in [1.82, 2.24) is 0 Å². The smallest absolute Gasteiger partial charge is 0.336 e. The highest BCUT2D eigenvalue weighted by molar-refractivity contribution is 5.89. The molecule has 0 aliphatic rings. The van der Waals surface area contributed by atoms with Gasteiger partial charge < -0.3 is 18.6 Å². The van der Waals surface area contributed by atoms with Crippen molar-refractivity contribution in [3.63, 3.8) is 0 Å². The minimum absolute atomic E-state index is 0.286. The molecule has 0 radical (unpaired) electrons. The van der Waals surface area contributed by atoms with Gasteiger partial charge in [-0.1, -0.05) is 6.07 Å². The summed E-state index contributed by atoms with van der Waals surface area (Å²) in [5, 5.41) is 0.741. The topological polar surface area (TPSA) is 75.0 Å². The largest absolute Gasteiger partial charge is 0.493 e. The van der Waals surface area contributed by atoms with Crippen LogP contribution in [0.2, 0.25) is 0 Å². The molecular formula is C20H16O6. The molecule has 6 nitrogen and oxygen atoms in total. The van der Waals surface area contributed by atoms with E-state index in [0.717, 1.165) is 10.9 Å². The molecule has 0 fully saturated rings. The molecule has 0 bridgehead atoms. The summed E-state index contributed by atoms with van der Waals surface area (Å²) in [6, 6.07) is 13.1. The van der Waals surface area contributed by atoms with Crippen molar-refractivity contribution in [3.8, 4) is 17.2 Å². The minimum atomic E-state index is -0.558. The zero-order chi connectivity index (χ0) is 18.5. The Morgan fingerprint density at radius 1 is 0.962 bits per heavy atom. The van der Waals surface area contributed by atoms with Gasteiger partial charge in [0.25, 0.3) is 0 Å². The second-order valence-corrected chi connectivity index (χ2v) is 5.32. The molecule has 26 heavy (non-hydrogen) atoms. The van der Waals surface area contributed by atoms with Crippen molar-refractivity contribution >= 4 is 23.0 Å². The van der Waals surface area contributed by atoms with Crippen LogP contribution in [0.15, 0.2) is 63.8 Å². The van der Waals surface area contributed by atoms with Crippen molar-refractivity contribution in [3.05, 3.63) is 70.6 Å². The number of methoxy groups -OCH3 is 2. The third-order valence-corrected chi connectivity index (χ3v) is 3.63. The van der Waals surface area contributed by atoms with Crippen LogP contribution >= 0.6 is 0 Å². The van der Waals surface area contributed by atoms with Gasteiger partial charge in [-0.15, -0.1) is 0 Å². The lowest BCUT2D eigenvalue weighted by atomic mass is 10.2. The SMILES string of the molecule is COc1ccc(C=CC(=O)Oc2ccc3ccc(=O)oc3c2)cc1OC. The summed E-state index contributed by atoms with van der Waals surface area (Å²) in [6.45, 7) is 0. The summed E-state index contributed by atoms with van der Waals surface area (Å²) >= 11 is 0. The maximum atomic E-state index is 12.0. The zero-order valence-corrected chi connectivity index (χ0v) is 14.2. The van der Waals surface area contributed by atoms with Gasteiger partial charge in [-0.2, -0.15) is 0 Å². The van der Waals surface area contributed by atoms with Gasteiger partial charge in [0.1, 0.15) is 11.3 Å². The lowest BCUT2D eigenvalue weighted by molar-refractivity contribution is -0.128. The lowest BCUT2D eigenvalue weighted by Crippen LogP contribution is -2.04. The van der Waals surface area contributed by atoms with E-state index in [1.807, 2.05) is 0 Å². The Morgan fingerprint density at radius 2 is 1.73 bits per heavy atom. The number of hydrogen-bond donors (Lipinski definition) is 0. The normalized spacial score (nSPS) is 10.8. The second-order valence-electron chi connectivity index (χ2n) is 5.32. The summed E-state index contributed by atoms with van der Waals surface area (Å²) in [7, 11) is 3.09. The Morgan fingerprint density at radius 3 is 2.50 bits per heavy atom. The molecule has 0 saturated carbocycles. The van der Waals surface area contributed by atoms with E-state index in [0.29, 0.717) is 17.1 Å². The third kappa shape index (κ3) is 3.92. The summed E-state index contributed by atoms with van der Waals surface area (Å²) in [4.78, 5) is 23.3. The van der Waals surface area contributed by atoms with Crippen molar-refractivity contribution in [2.45, 2.75) is 0 Å². The van der Waals surface area contributed by atoms with Crippen LogP contribution in [0.5, 0.6) is 17.2 Å². The molecule has 0 spiro atoms. The van der Waals surface area contributed by atoms with Crippen LogP contribution < -0.4 is 19.8 Å². The van der Waals surface area contributed by atoms with E-state index in [4.69, 9.17) is 18.6 Å². The number of hydrogen-bond acceptors (Lipinski definition) is 6. The Kier molecular flexibility index (Phi) is 5.03. The summed E-state index contributed by atoms with van der Waals surface area (Å²) < 4.78 is 20.7. The number of rotatable bonds is 5. The Labute approximate surface area is 149 Å². The van der Waals surface area contributed by atoms with Crippen LogP contribution in [-0.2, 0) is 4.79 Å². The first-order chi connectivity index (χ1) is 12.6. The first-order valence-electron chi connectivity index (χ1n) is 7.75. The highest BCUT2D eigenvalue weighted by Gasteiger charge is 2.06. The molecule has 132 valence electrons. The van der Waals surface area contributed by atoms with E-state index in [1.54, 1.807) is 49.6 Å². The fourth-order valence-corrected chi connectivity index (χ4v) is 2.38. The molecule has 0 unspecified atom stereocenters. The fourth-order valence-electron chi connectivity index (χ4n) is 2.38. The monoisotopic (exact) mass is 352 g/mol. The van der Waals surface area contributed by atoms with Crippen LogP contribution in [-0.4, -0.2) is 20.2 Å². The molecule has 0 aliphatic carbocycles. The predicted octanol–water partition coefficient (Wildman–Crippen LogP) is 3.43. The molecule has 1 aromatic heterocycles. The quantitative estimate of drug-likeness (QED) is 0.303.